The third-order valence-corrected chi connectivity index (χ3v) is 3.01. The average molecular weight is 315 g/mol. The van der Waals surface area contributed by atoms with Gasteiger partial charge in [0, 0.05) is 0 Å². The second-order valence-electron chi connectivity index (χ2n) is 3.58. The van der Waals surface area contributed by atoms with E-state index in [1.54, 1.807) is 0 Å². The molecule has 1 heterocycles. The summed E-state index contributed by atoms with van der Waals surface area (Å²) in [6.07, 6.45) is 0. The standard InChI is InChI=1S/C11H8BrFN2O3/c12-7-5-6(1-2-8(7)13)11(14)9-3-4-10(18-9)15(16)17/h1-5,11H,14H2. The number of hydrogen-bond acceptors (Lipinski definition) is 4. The second-order valence-corrected chi connectivity index (χ2v) is 4.44. The summed E-state index contributed by atoms with van der Waals surface area (Å²) < 4.78 is 18.3. The highest BCUT2D eigenvalue weighted by Gasteiger charge is 2.18. The number of nitro groups is 1. The number of hydrogen-bond donors (Lipinski definition) is 1. The maximum Gasteiger partial charge on any atom is 0.433 e. The van der Waals surface area contributed by atoms with Gasteiger partial charge in [-0.25, -0.2) is 4.39 Å². The monoisotopic (exact) mass is 314 g/mol. The van der Waals surface area contributed by atoms with Crippen LogP contribution in [-0.2, 0) is 0 Å². The van der Waals surface area contributed by atoms with E-state index >= 15 is 0 Å². The highest BCUT2D eigenvalue weighted by atomic mass is 79.9. The maximum atomic E-state index is 13.1. The van der Waals surface area contributed by atoms with Crippen LogP contribution in [0.4, 0.5) is 10.3 Å². The van der Waals surface area contributed by atoms with Crippen molar-refractivity contribution >= 4 is 21.8 Å². The number of rotatable bonds is 3. The molecule has 2 aromatic rings. The third-order valence-electron chi connectivity index (χ3n) is 2.40. The molecule has 0 amide bonds. The Kier molecular flexibility index (Phi) is 3.44. The van der Waals surface area contributed by atoms with E-state index in [9.17, 15) is 14.5 Å². The maximum absolute atomic E-state index is 13.1. The van der Waals surface area contributed by atoms with E-state index < -0.39 is 16.8 Å². The van der Waals surface area contributed by atoms with Crippen molar-refractivity contribution in [2.45, 2.75) is 6.04 Å². The lowest BCUT2D eigenvalue weighted by Crippen LogP contribution is -2.11. The van der Waals surface area contributed by atoms with E-state index in [0.717, 1.165) is 0 Å². The Morgan fingerprint density at radius 1 is 1.39 bits per heavy atom. The van der Waals surface area contributed by atoms with Crippen LogP contribution >= 0.6 is 15.9 Å². The fourth-order valence-electron chi connectivity index (χ4n) is 1.48. The highest BCUT2D eigenvalue weighted by Crippen LogP contribution is 2.27. The van der Waals surface area contributed by atoms with Gasteiger partial charge in [0.15, 0.2) is 0 Å². The van der Waals surface area contributed by atoms with Gasteiger partial charge in [0.1, 0.15) is 16.5 Å². The average Bonchev–Trinajstić information content (AvgIpc) is 2.81. The normalized spacial score (nSPS) is 12.4. The molecule has 0 aliphatic carbocycles. The summed E-state index contributed by atoms with van der Waals surface area (Å²) in [5.74, 6) is -0.529. The molecule has 94 valence electrons. The molecule has 0 saturated carbocycles. The Hall–Kier alpha value is -1.73. The van der Waals surface area contributed by atoms with Crippen molar-refractivity contribution in [1.82, 2.24) is 0 Å². The van der Waals surface area contributed by atoms with Gasteiger partial charge in [-0.3, -0.25) is 10.1 Å². The van der Waals surface area contributed by atoms with E-state index in [0.29, 0.717) is 5.56 Å². The number of benzene rings is 1. The van der Waals surface area contributed by atoms with Gasteiger partial charge >= 0.3 is 5.88 Å². The zero-order valence-electron chi connectivity index (χ0n) is 8.97. The minimum atomic E-state index is -0.685. The Morgan fingerprint density at radius 2 is 2.11 bits per heavy atom. The van der Waals surface area contributed by atoms with Crippen LogP contribution < -0.4 is 5.73 Å². The van der Waals surface area contributed by atoms with Crippen molar-refractivity contribution in [3.05, 3.63) is 62.1 Å². The summed E-state index contributed by atoms with van der Waals surface area (Å²) in [4.78, 5) is 9.84. The zero-order valence-corrected chi connectivity index (χ0v) is 10.6. The Labute approximate surface area is 110 Å². The molecule has 2 rings (SSSR count). The van der Waals surface area contributed by atoms with Crippen molar-refractivity contribution in [2.75, 3.05) is 0 Å². The van der Waals surface area contributed by atoms with Crippen LogP contribution in [0.2, 0.25) is 0 Å². The molecule has 0 fully saturated rings. The van der Waals surface area contributed by atoms with Crippen LogP contribution in [0, 0.1) is 15.9 Å². The number of nitrogens with zero attached hydrogens (tertiary/aromatic N) is 1. The quantitative estimate of drug-likeness (QED) is 0.697. The fourth-order valence-corrected chi connectivity index (χ4v) is 1.87. The van der Waals surface area contributed by atoms with Gasteiger partial charge in [0.2, 0.25) is 0 Å². The summed E-state index contributed by atoms with van der Waals surface area (Å²) in [6.45, 7) is 0. The van der Waals surface area contributed by atoms with Crippen LogP contribution in [0.3, 0.4) is 0 Å². The van der Waals surface area contributed by atoms with Crippen molar-refractivity contribution in [2.24, 2.45) is 5.73 Å². The minimum Gasteiger partial charge on any atom is -0.404 e. The van der Waals surface area contributed by atoms with Gasteiger partial charge < -0.3 is 10.2 Å². The summed E-state index contributed by atoms with van der Waals surface area (Å²) >= 11 is 3.05. The van der Waals surface area contributed by atoms with Gasteiger partial charge in [-0.15, -0.1) is 0 Å². The van der Waals surface area contributed by atoms with Gasteiger partial charge in [-0.05, 0) is 39.7 Å². The van der Waals surface area contributed by atoms with Crippen LogP contribution in [0.1, 0.15) is 17.4 Å². The Bertz CT molecular complexity index is 600. The largest absolute Gasteiger partial charge is 0.433 e. The second kappa shape index (κ2) is 4.87. The van der Waals surface area contributed by atoms with Gasteiger partial charge in [0.25, 0.3) is 0 Å². The lowest BCUT2D eigenvalue weighted by atomic mass is 10.1. The molecule has 1 atom stereocenters. The predicted molar refractivity (Wildman–Crippen MR) is 65.5 cm³/mol. The lowest BCUT2D eigenvalue weighted by Gasteiger charge is -2.09. The molecule has 5 nitrogen and oxygen atoms in total. The van der Waals surface area contributed by atoms with E-state index in [4.69, 9.17) is 10.2 Å². The molecule has 0 spiro atoms. The molecular weight excluding hydrogens is 307 g/mol. The highest BCUT2D eigenvalue weighted by molar-refractivity contribution is 9.10. The third kappa shape index (κ3) is 2.41. The molecule has 0 aliphatic rings. The first-order valence-corrected chi connectivity index (χ1v) is 5.73. The molecule has 2 N–H and O–H groups in total. The summed E-state index contributed by atoms with van der Waals surface area (Å²) in [6, 6.07) is 6.24. The summed E-state index contributed by atoms with van der Waals surface area (Å²) in [5.41, 5.74) is 6.48. The first kappa shape index (κ1) is 12.7. The van der Waals surface area contributed by atoms with E-state index in [-0.39, 0.29) is 16.1 Å². The molecule has 18 heavy (non-hydrogen) atoms. The number of furan rings is 1. The van der Waals surface area contributed by atoms with Crippen molar-refractivity contribution in [3.8, 4) is 0 Å². The van der Waals surface area contributed by atoms with Gasteiger partial charge in [-0.1, -0.05) is 6.07 Å². The smallest absolute Gasteiger partial charge is 0.404 e. The topological polar surface area (TPSA) is 82.3 Å². The first-order valence-electron chi connectivity index (χ1n) is 4.93. The molecule has 0 aliphatic heterocycles. The summed E-state index contributed by atoms with van der Waals surface area (Å²) in [7, 11) is 0. The van der Waals surface area contributed by atoms with Crippen LogP contribution in [0.25, 0.3) is 0 Å². The van der Waals surface area contributed by atoms with Crippen LogP contribution in [0.15, 0.2) is 39.2 Å². The molecule has 1 unspecified atom stereocenters. The summed E-state index contributed by atoms with van der Waals surface area (Å²) in [5, 5.41) is 10.5. The number of nitrogens with two attached hydrogens (primary N) is 1. The molecule has 0 radical (unpaired) electrons. The lowest BCUT2D eigenvalue weighted by molar-refractivity contribution is -0.402. The zero-order chi connectivity index (χ0) is 13.3. The van der Waals surface area contributed by atoms with E-state index in [2.05, 4.69) is 15.9 Å². The molecule has 0 bridgehead atoms. The molecule has 1 aromatic carbocycles. The van der Waals surface area contributed by atoms with E-state index in [1.807, 2.05) is 0 Å². The van der Waals surface area contributed by atoms with Crippen LogP contribution in [-0.4, -0.2) is 4.92 Å². The molecular formula is C11H8BrFN2O3. The Balaban J connectivity index is 2.31. The molecule has 1 aromatic heterocycles. The Morgan fingerprint density at radius 3 is 2.67 bits per heavy atom. The SMILES string of the molecule is NC(c1ccc(F)c(Br)c1)c1ccc([N+](=O)[O-])o1. The van der Waals surface area contributed by atoms with Gasteiger partial charge in [-0.2, -0.15) is 0 Å². The number of halogens is 2. The first-order chi connectivity index (χ1) is 8.49. The van der Waals surface area contributed by atoms with Gasteiger partial charge in [0.05, 0.1) is 16.6 Å². The van der Waals surface area contributed by atoms with Crippen molar-refractivity contribution in [1.29, 1.82) is 0 Å². The van der Waals surface area contributed by atoms with Crippen LogP contribution in [0.5, 0.6) is 0 Å². The molecule has 7 heteroatoms. The van der Waals surface area contributed by atoms with E-state index in [1.165, 1.54) is 30.3 Å². The van der Waals surface area contributed by atoms with Crippen molar-refractivity contribution in [3.63, 3.8) is 0 Å². The fraction of sp³-hybridized carbons (Fsp3) is 0.0909. The molecule has 0 saturated heterocycles. The van der Waals surface area contributed by atoms with Crippen molar-refractivity contribution < 1.29 is 13.7 Å². The predicted octanol–water partition coefficient (Wildman–Crippen LogP) is 3.14. The minimum absolute atomic E-state index is 0.250.